The second-order valence-corrected chi connectivity index (χ2v) is 14.5. The monoisotopic (exact) mass is 402 g/mol. The van der Waals surface area contributed by atoms with Crippen molar-refractivity contribution in [2.45, 2.75) is 84.0 Å². The Morgan fingerprint density at radius 3 is 1.81 bits per heavy atom. The molecule has 1 fully saturated rings. The lowest BCUT2D eigenvalue weighted by Crippen LogP contribution is -2.44. The van der Waals surface area contributed by atoms with E-state index in [9.17, 15) is 13.2 Å². The Balaban J connectivity index is 2.48. The van der Waals surface area contributed by atoms with Crippen LogP contribution in [0, 0.1) is 0 Å². The van der Waals surface area contributed by atoms with Crippen LogP contribution < -0.4 is 9.89 Å². The third kappa shape index (κ3) is 4.54. The molecule has 0 radical (unpaired) electrons. The van der Waals surface area contributed by atoms with Gasteiger partial charge in [-0.2, -0.15) is 13.2 Å². The lowest BCUT2D eigenvalue weighted by Gasteiger charge is -2.36. The van der Waals surface area contributed by atoms with Gasteiger partial charge in [-0.05, 0) is 69.5 Å². The maximum absolute atomic E-state index is 13.5. The van der Waals surface area contributed by atoms with Crippen LogP contribution in [-0.2, 0) is 15.5 Å². The van der Waals surface area contributed by atoms with Crippen LogP contribution in [0.1, 0.15) is 54.0 Å². The predicted molar refractivity (Wildman–Crippen MR) is 105 cm³/mol. The van der Waals surface area contributed by atoms with Crippen molar-refractivity contribution in [1.29, 1.82) is 0 Å². The summed E-state index contributed by atoms with van der Waals surface area (Å²) in [5.74, 6) is 0.209. The molecule has 0 unspecified atom stereocenters. The molecule has 0 saturated carbocycles. The van der Waals surface area contributed by atoms with Crippen molar-refractivity contribution in [1.82, 2.24) is 0 Å². The van der Waals surface area contributed by atoms with Crippen LogP contribution in [0.4, 0.5) is 13.2 Å². The molecule has 0 aliphatic carbocycles. The van der Waals surface area contributed by atoms with E-state index in [1.54, 1.807) is 6.07 Å². The summed E-state index contributed by atoms with van der Waals surface area (Å²) >= 11 is 0. The van der Waals surface area contributed by atoms with Crippen LogP contribution in [0.15, 0.2) is 18.2 Å². The summed E-state index contributed by atoms with van der Waals surface area (Å²) < 4.78 is 58.4. The summed E-state index contributed by atoms with van der Waals surface area (Å²) in [5, 5.41) is -0.133. The quantitative estimate of drug-likeness (QED) is 0.635. The van der Waals surface area contributed by atoms with E-state index in [1.807, 2.05) is 61.6 Å². The minimum absolute atomic E-state index is 0.133. The molecular weight excluding hydrogens is 372 g/mol. The first-order valence-electron chi connectivity index (χ1n) is 9.13. The highest BCUT2D eigenvalue weighted by Crippen LogP contribution is 2.40. The lowest BCUT2D eigenvalue weighted by atomic mass is 9.78. The molecule has 27 heavy (non-hydrogen) atoms. The van der Waals surface area contributed by atoms with Gasteiger partial charge in [0.05, 0.1) is 16.8 Å². The third-order valence-corrected chi connectivity index (χ3v) is 10.3. The number of rotatable bonds is 3. The molecule has 152 valence electrons. The van der Waals surface area contributed by atoms with Crippen LogP contribution in [0.2, 0.25) is 18.1 Å². The van der Waals surface area contributed by atoms with Gasteiger partial charge in [0.25, 0.3) is 0 Å². The Kier molecular flexibility index (Phi) is 5.39. The van der Waals surface area contributed by atoms with E-state index < -0.39 is 38.4 Å². The molecule has 0 bridgehead atoms. The Morgan fingerprint density at radius 2 is 1.41 bits per heavy atom. The van der Waals surface area contributed by atoms with Crippen LogP contribution in [0.5, 0.6) is 5.75 Å². The molecule has 3 nitrogen and oxygen atoms in total. The zero-order valence-electron chi connectivity index (χ0n) is 17.7. The molecule has 0 aromatic heterocycles. The van der Waals surface area contributed by atoms with Gasteiger partial charge in [0, 0.05) is 0 Å². The number of halogens is 3. The highest BCUT2D eigenvalue weighted by molar-refractivity contribution is 6.74. The third-order valence-electron chi connectivity index (χ3n) is 5.96. The van der Waals surface area contributed by atoms with E-state index in [0.29, 0.717) is 5.46 Å². The maximum Gasteiger partial charge on any atom is 0.494 e. The van der Waals surface area contributed by atoms with Gasteiger partial charge in [-0.3, -0.25) is 0 Å². The molecule has 1 aliphatic heterocycles. The fraction of sp³-hybridized carbons (Fsp3) is 0.684. The first-order chi connectivity index (χ1) is 11.9. The van der Waals surface area contributed by atoms with Crippen molar-refractivity contribution < 1.29 is 26.9 Å². The normalized spacial score (nSPS) is 20.1. The van der Waals surface area contributed by atoms with Crippen molar-refractivity contribution in [3.8, 4) is 5.75 Å². The van der Waals surface area contributed by atoms with Crippen LogP contribution in [0.3, 0.4) is 0 Å². The summed E-state index contributed by atoms with van der Waals surface area (Å²) in [6.07, 6.45) is -4.48. The van der Waals surface area contributed by atoms with Gasteiger partial charge in [-0.15, -0.1) is 0 Å². The fourth-order valence-corrected chi connectivity index (χ4v) is 3.42. The highest BCUT2D eigenvalue weighted by atomic mass is 28.4. The van der Waals surface area contributed by atoms with Crippen molar-refractivity contribution in [2.24, 2.45) is 0 Å². The molecule has 8 heteroatoms. The number of alkyl halides is 3. The first kappa shape index (κ1) is 22.3. The second kappa shape index (κ2) is 6.53. The topological polar surface area (TPSA) is 27.7 Å². The molecule has 1 aromatic rings. The summed E-state index contributed by atoms with van der Waals surface area (Å²) in [7, 11) is -3.17. The Morgan fingerprint density at radius 1 is 0.926 bits per heavy atom. The largest absolute Gasteiger partial charge is 0.544 e. The average Bonchev–Trinajstić information content (AvgIpc) is 2.64. The minimum Gasteiger partial charge on any atom is -0.544 e. The second-order valence-electron chi connectivity index (χ2n) is 9.74. The smallest absolute Gasteiger partial charge is 0.494 e. The molecule has 1 saturated heterocycles. The first-order valence-corrected chi connectivity index (χ1v) is 12.0. The Hall–Kier alpha value is -0.988. The molecule has 1 heterocycles. The number of hydrogen-bond acceptors (Lipinski definition) is 3. The van der Waals surface area contributed by atoms with Crippen molar-refractivity contribution in [2.75, 3.05) is 0 Å². The molecule has 2 rings (SSSR count). The van der Waals surface area contributed by atoms with Gasteiger partial charge in [-0.1, -0.05) is 20.8 Å². The molecule has 0 amide bonds. The fourth-order valence-electron chi connectivity index (χ4n) is 2.41. The number of hydrogen-bond donors (Lipinski definition) is 0. The Bertz CT molecular complexity index is 693. The molecule has 1 aliphatic rings. The van der Waals surface area contributed by atoms with Gasteiger partial charge in [0.1, 0.15) is 5.75 Å². The van der Waals surface area contributed by atoms with E-state index >= 15 is 0 Å². The van der Waals surface area contributed by atoms with Gasteiger partial charge in [0.2, 0.25) is 8.32 Å². The van der Waals surface area contributed by atoms with Gasteiger partial charge >= 0.3 is 13.3 Å². The van der Waals surface area contributed by atoms with Crippen LogP contribution in [0.25, 0.3) is 0 Å². The number of benzene rings is 1. The highest BCUT2D eigenvalue weighted by Gasteiger charge is 2.52. The van der Waals surface area contributed by atoms with Crippen LogP contribution >= 0.6 is 0 Å². The van der Waals surface area contributed by atoms with E-state index in [0.717, 1.165) is 12.1 Å². The van der Waals surface area contributed by atoms with E-state index in [-0.39, 0.29) is 10.8 Å². The predicted octanol–water partition coefficient (Wildman–Crippen LogP) is 5.39. The molecular formula is C19H30BF3O3Si. The van der Waals surface area contributed by atoms with Crippen molar-refractivity contribution in [3.63, 3.8) is 0 Å². The lowest BCUT2D eigenvalue weighted by molar-refractivity contribution is -0.137. The van der Waals surface area contributed by atoms with E-state index in [4.69, 9.17) is 13.7 Å². The van der Waals surface area contributed by atoms with E-state index in [1.165, 1.54) is 0 Å². The van der Waals surface area contributed by atoms with Gasteiger partial charge in [0.15, 0.2) is 0 Å². The molecule has 1 aromatic carbocycles. The average molecular weight is 402 g/mol. The molecule has 0 atom stereocenters. The standard InChI is InChI=1S/C19H30BF3O3Si/c1-16(2,3)27(8,9)24-15-11-13(19(21,22)23)10-14(12-15)20-25-17(4,5)18(6,7)26-20/h10-12H,1-9H3. The Labute approximate surface area is 161 Å². The van der Waals surface area contributed by atoms with Crippen molar-refractivity contribution in [3.05, 3.63) is 23.8 Å². The minimum atomic E-state index is -4.48. The zero-order chi connectivity index (χ0) is 21.1. The van der Waals surface area contributed by atoms with Gasteiger partial charge in [-0.25, -0.2) is 0 Å². The van der Waals surface area contributed by atoms with Crippen molar-refractivity contribution >= 4 is 20.9 Å². The molecule has 0 N–H and O–H groups in total. The van der Waals surface area contributed by atoms with Crippen LogP contribution in [-0.4, -0.2) is 26.6 Å². The zero-order valence-corrected chi connectivity index (χ0v) is 18.7. The maximum atomic E-state index is 13.5. The summed E-state index contributed by atoms with van der Waals surface area (Å²) in [5.41, 5.74) is -1.71. The summed E-state index contributed by atoms with van der Waals surface area (Å²) in [6.45, 7) is 17.6. The molecule has 0 spiro atoms. The van der Waals surface area contributed by atoms with Gasteiger partial charge < -0.3 is 13.7 Å². The summed E-state index contributed by atoms with van der Waals surface area (Å²) in [6, 6.07) is 3.76. The summed E-state index contributed by atoms with van der Waals surface area (Å²) in [4.78, 5) is 0. The van der Waals surface area contributed by atoms with E-state index in [2.05, 4.69) is 0 Å². The SMILES string of the molecule is CC1(C)OB(c2cc(O[Si](C)(C)C(C)(C)C)cc(C(F)(F)F)c2)OC1(C)C.